The van der Waals surface area contributed by atoms with Crippen molar-refractivity contribution in [2.24, 2.45) is 5.92 Å². The highest BCUT2D eigenvalue weighted by atomic mass is 32.2. The summed E-state index contributed by atoms with van der Waals surface area (Å²) >= 11 is 0. The van der Waals surface area contributed by atoms with Gasteiger partial charge in [0.15, 0.2) is 0 Å². The molecule has 8 nitrogen and oxygen atoms in total. The third kappa shape index (κ3) is 5.91. The second-order valence-corrected chi connectivity index (χ2v) is 10.0. The summed E-state index contributed by atoms with van der Waals surface area (Å²) in [6.45, 7) is 7.07. The average molecular weight is 473 g/mol. The molecule has 1 fully saturated rings. The molecule has 0 aromatic heterocycles. The van der Waals surface area contributed by atoms with Crippen LogP contribution in [-0.4, -0.2) is 55.7 Å². The van der Waals surface area contributed by atoms with E-state index in [1.165, 1.54) is 10.4 Å². The maximum Gasteiger partial charge on any atom is 0.321 e. The summed E-state index contributed by atoms with van der Waals surface area (Å²) in [5.41, 5.74) is 1.83. The Morgan fingerprint density at radius 3 is 2.21 bits per heavy atom. The Morgan fingerprint density at radius 2 is 1.61 bits per heavy atom. The fourth-order valence-corrected chi connectivity index (χ4v) is 5.68. The lowest BCUT2D eigenvalue weighted by Crippen LogP contribution is -2.43. The number of likely N-dealkylation sites (tertiary alicyclic amines) is 1. The van der Waals surface area contributed by atoms with Crippen molar-refractivity contribution in [3.8, 4) is 0 Å². The Morgan fingerprint density at radius 1 is 0.970 bits per heavy atom. The second kappa shape index (κ2) is 10.8. The van der Waals surface area contributed by atoms with E-state index in [2.05, 4.69) is 10.6 Å². The van der Waals surface area contributed by atoms with Gasteiger partial charge < -0.3 is 15.5 Å². The number of para-hydroxylation sites is 1. The number of sulfonamides is 1. The first-order valence-electron chi connectivity index (χ1n) is 11.3. The number of amides is 3. The van der Waals surface area contributed by atoms with Gasteiger partial charge in [-0.05, 0) is 49.6 Å². The summed E-state index contributed by atoms with van der Waals surface area (Å²) in [6.07, 6.45) is 1.09. The van der Waals surface area contributed by atoms with E-state index in [-0.39, 0.29) is 22.8 Å². The molecule has 0 unspecified atom stereocenters. The van der Waals surface area contributed by atoms with E-state index in [1.807, 2.05) is 30.3 Å². The van der Waals surface area contributed by atoms with Gasteiger partial charge in [0.1, 0.15) is 0 Å². The van der Waals surface area contributed by atoms with Crippen LogP contribution < -0.4 is 10.6 Å². The number of carbonyl (C=O) groups is 2. The van der Waals surface area contributed by atoms with Gasteiger partial charge in [0, 0.05) is 43.5 Å². The molecule has 0 aliphatic carbocycles. The van der Waals surface area contributed by atoms with Gasteiger partial charge in [-0.25, -0.2) is 13.2 Å². The molecule has 1 saturated heterocycles. The molecule has 33 heavy (non-hydrogen) atoms. The van der Waals surface area contributed by atoms with Crippen molar-refractivity contribution in [1.29, 1.82) is 0 Å². The van der Waals surface area contributed by atoms with Crippen molar-refractivity contribution in [2.75, 3.05) is 36.8 Å². The quantitative estimate of drug-likeness (QED) is 0.638. The van der Waals surface area contributed by atoms with Gasteiger partial charge in [0.05, 0.1) is 4.90 Å². The number of anilines is 2. The van der Waals surface area contributed by atoms with Crippen molar-refractivity contribution >= 4 is 33.3 Å². The Labute approximate surface area is 196 Å². The van der Waals surface area contributed by atoms with Crippen LogP contribution in [0.4, 0.5) is 16.2 Å². The van der Waals surface area contributed by atoms with Gasteiger partial charge >= 0.3 is 6.03 Å². The van der Waals surface area contributed by atoms with Crippen molar-refractivity contribution in [3.63, 3.8) is 0 Å². The fourth-order valence-electron chi connectivity index (χ4n) is 3.97. The maximum absolute atomic E-state index is 13.0. The zero-order valence-corrected chi connectivity index (χ0v) is 20.2. The molecule has 3 amide bonds. The van der Waals surface area contributed by atoms with Gasteiger partial charge in [-0.15, -0.1) is 0 Å². The number of hydrogen-bond acceptors (Lipinski definition) is 4. The summed E-state index contributed by atoms with van der Waals surface area (Å²) in [5.74, 6) is -0.400. The average Bonchev–Trinajstić information content (AvgIpc) is 2.81. The summed E-state index contributed by atoms with van der Waals surface area (Å²) in [4.78, 5) is 27.2. The van der Waals surface area contributed by atoms with Crippen LogP contribution in [0.25, 0.3) is 0 Å². The van der Waals surface area contributed by atoms with Crippen LogP contribution in [0.15, 0.2) is 53.4 Å². The normalized spacial score (nSPS) is 14.8. The standard InChI is InChI=1S/C24H32N4O4S/c1-4-28(5-2)33(31,32)22-17-21(12-11-18(22)3)25-23(29)19-13-15-27(16-14-19)24(30)26-20-9-7-6-8-10-20/h6-12,17,19H,4-5,13-16H2,1-3H3,(H,25,29)(H,26,30). The largest absolute Gasteiger partial charge is 0.326 e. The van der Waals surface area contributed by atoms with Gasteiger partial charge in [-0.1, -0.05) is 38.1 Å². The molecule has 2 aromatic carbocycles. The molecule has 9 heteroatoms. The van der Waals surface area contributed by atoms with Crippen LogP contribution in [0.5, 0.6) is 0 Å². The van der Waals surface area contributed by atoms with E-state index in [4.69, 9.17) is 0 Å². The maximum atomic E-state index is 13.0. The summed E-state index contributed by atoms with van der Waals surface area (Å²) < 4.78 is 27.3. The minimum Gasteiger partial charge on any atom is -0.326 e. The molecule has 2 aromatic rings. The highest BCUT2D eigenvalue weighted by Crippen LogP contribution is 2.25. The number of benzene rings is 2. The molecule has 2 N–H and O–H groups in total. The molecular weight excluding hydrogens is 440 g/mol. The van der Waals surface area contributed by atoms with Crippen molar-refractivity contribution < 1.29 is 18.0 Å². The van der Waals surface area contributed by atoms with E-state index < -0.39 is 10.0 Å². The number of carbonyl (C=O) groups excluding carboxylic acids is 2. The zero-order chi connectivity index (χ0) is 24.0. The third-order valence-corrected chi connectivity index (χ3v) is 8.15. The Hall–Kier alpha value is -2.91. The van der Waals surface area contributed by atoms with Gasteiger partial charge in [0.25, 0.3) is 0 Å². The minimum atomic E-state index is -3.63. The molecule has 178 valence electrons. The molecule has 0 saturated carbocycles. The second-order valence-electron chi connectivity index (χ2n) is 8.12. The van der Waals surface area contributed by atoms with E-state index >= 15 is 0 Å². The predicted molar refractivity (Wildman–Crippen MR) is 130 cm³/mol. The van der Waals surface area contributed by atoms with E-state index in [9.17, 15) is 18.0 Å². The van der Waals surface area contributed by atoms with E-state index in [1.54, 1.807) is 37.8 Å². The number of hydrogen-bond donors (Lipinski definition) is 2. The van der Waals surface area contributed by atoms with Gasteiger partial charge in [-0.3, -0.25) is 4.79 Å². The van der Waals surface area contributed by atoms with Gasteiger partial charge in [0.2, 0.25) is 15.9 Å². The summed E-state index contributed by atoms with van der Waals surface area (Å²) in [7, 11) is -3.63. The lowest BCUT2D eigenvalue weighted by molar-refractivity contribution is -0.121. The Kier molecular flexibility index (Phi) is 8.10. The van der Waals surface area contributed by atoms with Crippen LogP contribution in [0.3, 0.4) is 0 Å². The number of piperidine rings is 1. The molecule has 0 bridgehead atoms. The molecular formula is C24H32N4O4S. The van der Waals surface area contributed by atoms with Gasteiger partial charge in [-0.2, -0.15) is 4.31 Å². The number of nitrogens with zero attached hydrogens (tertiary/aromatic N) is 2. The molecule has 0 radical (unpaired) electrons. The van der Waals surface area contributed by atoms with E-state index in [0.29, 0.717) is 50.3 Å². The molecule has 1 aliphatic heterocycles. The molecule has 0 atom stereocenters. The zero-order valence-electron chi connectivity index (χ0n) is 19.4. The monoisotopic (exact) mass is 472 g/mol. The van der Waals surface area contributed by atoms with Crippen LogP contribution >= 0.6 is 0 Å². The fraction of sp³-hybridized carbons (Fsp3) is 0.417. The number of rotatable bonds is 7. The van der Waals surface area contributed by atoms with Crippen molar-refractivity contribution in [2.45, 2.75) is 38.5 Å². The van der Waals surface area contributed by atoms with Crippen LogP contribution in [0.2, 0.25) is 0 Å². The highest BCUT2D eigenvalue weighted by Gasteiger charge is 2.28. The van der Waals surface area contributed by atoms with E-state index in [0.717, 1.165) is 5.69 Å². The first-order valence-corrected chi connectivity index (χ1v) is 12.7. The SMILES string of the molecule is CCN(CC)S(=O)(=O)c1cc(NC(=O)C2CCN(C(=O)Nc3ccccc3)CC2)ccc1C. The Bertz CT molecular complexity index is 1080. The number of aryl methyl sites for hydroxylation is 1. The lowest BCUT2D eigenvalue weighted by Gasteiger charge is -2.31. The molecule has 3 rings (SSSR count). The molecule has 1 aliphatic rings. The number of nitrogens with one attached hydrogen (secondary N) is 2. The topological polar surface area (TPSA) is 98.8 Å². The van der Waals surface area contributed by atoms with Crippen molar-refractivity contribution in [1.82, 2.24) is 9.21 Å². The smallest absolute Gasteiger partial charge is 0.321 e. The molecule has 0 spiro atoms. The highest BCUT2D eigenvalue weighted by molar-refractivity contribution is 7.89. The van der Waals surface area contributed by atoms with Crippen LogP contribution in [0.1, 0.15) is 32.3 Å². The first kappa shape index (κ1) is 24.7. The van der Waals surface area contributed by atoms with Crippen molar-refractivity contribution in [3.05, 3.63) is 54.1 Å². The lowest BCUT2D eigenvalue weighted by atomic mass is 9.96. The number of urea groups is 1. The van der Waals surface area contributed by atoms with Crippen LogP contribution in [-0.2, 0) is 14.8 Å². The minimum absolute atomic E-state index is 0.159. The third-order valence-electron chi connectivity index (χ3n) is 5.96. The molecule has 1 heterocycles. The Balaban J connectivity index is 1.61. The summed E-state index contributed by atoms with van der Waals surface area (Å²) in [5, 5.41) is 5.73. The first-order chi connectivity index (χ1) is 15.8. The van der Waals surface area contributed by atoms with Crippen LogP contribution in [0, 0.1) is 12.8 Å². The predicted octanol–water partition coefficient (Wildman–Crippen LogP) is 3.91. The summed E-state index contributed by atoms with van der Waals surface area (Å²) in [6, 6.07) is 14.0.